The number of carboxylic acids is 2. The van der Waals surface area contributed by atoms with E-state index in [2.05, 4.69) is 25.8 Å². The number of alkyl halides is 6. The quantitative estimate of drug-likeness (QED) is 0.0475. The van der Waals surface area contributed by atoms with Gasteiger partial charge >= 0.3 is 30.4 Å². The van der Waals surface area contributed by atoms with Gasteiger partial charge in [0, 0.05) is 80.1 Å². The van der Waals surface area contributed by atoms with Crippen LogP contribution in [0.1, 0.15) is 58.0 Å². The summed E-state index contributed by atoms with van der Waals surface area (Å²) in [7, 11) is 1.71. The SMILES string of the molecule is Cc1cc(NC(=O)c2cccc(N(C)C(=O)CCN3CCC(OC(=O)Nc4ccccc4-c4ccccc4)CC3)c2)c(C)cc1CNC[C@H](O)c1ccc(O)c2[nH]c(=O)ccc12.O=C(O)C(F)(F)F.O=C(O)C(F)(F)F. The van der Waals surface area contributed by atoms with Crippen molar-refractivity contribution in [3.8, 4) is 16.9 Å². The maximum atomic E-state index is 13.5. The second-order valence-corrected chi connectivity index (χ2v) is 17.3. The number of likely N-dealkylation sites (tertiary alicyclic amines) is 1. The summed E-state index contributed by atoms with van der Waals surface area (Å²) < 4.78 is 69.3. The number of aromatic hydroxyl groups is 1. The molecule has 3 amide bonds. The molecule has 0 aliphatic carbocycles. The summed E-state index contributed by atoms with van der Waals surface area (Å²) >= 11 is 0. The number of H-pyrrole nitrogens is 1. The predicted octanol–water partition coefficient (Wildman–Crippen LogP) is 8.93. The van der Waals surface area contributed by atoms with Gasteiger partial charge in [0.05, 0.1) is 17.3 Å². The number of amides is 3. The number of aryl methyl sites for hydroxylation is 2. The first-order valence-electron chi connectivity index (χ1n) is 23.3. The van der Waals surface area contributed by atoms with Crippen molar-refractivity contribution >= 4 is 57.8 Å². The number of aliphatic hydroxyl groups excluding tert-OH is 1. The van der Waals surface area contributed by atoms with E-state index in [1.54, 1.807) is 48.3 Å². The molecule has 7 rings (SSSR count). The number of carboxylic acid groups (broad SMARTS) is 2. The number of benzene rings is 5. The summed E-state index contributed by atoms with van der Waals surface area (Å²) in [4.78, 5) is 75.6. The lowest BCUT2D eigenvalue weighted by Gasteiger charge is -2.31. The second kappa shape index (κ2) is 26.3. The number of aliphatic hydroxyl groups is 1. The fourth-order valence-electron chi connectivity index (χ4n) is 7.82. The van der Waals surface area contributed by atoms with E-state index >= 15 is 0 Å². The van der Waals surface area contributed by atoms with Crippen molar-refractivity contribution in [1.82, 2.24) is 15.2 Å². The number of rotatable bonds is 14. The van der Waals surface area contributed by atoms with Crippen molar-refractivity contribution in [3.63, 3.8) is 0 Å². The number of nitrogens with one attached hydrogen (secondary N) is 4. The number of hydrogen-bond donors (Lipinski definition) is 8. The van der Waals surface area contributed by atoms with Crippen molar-refractivity contribution in [2.24, 2.45) is 0 Å². The number of carbonyl (C=O) groups is 5. The number of ether oxygens (including phenoxy) is 1. The van der Waals surface area contributed by atoms with E-state index in [4.69, 9.17) is 24.5 Å². The Bertz CT molecular complexity index is 3050. The van der Waals surface area contributed by atoms with Gasteiger partial charge in [0.25, 0.3) is 5.91 Å². The van der Waals surface area contributed by atoms with Gasteiger partial charge < -0.3 is 50.6 Å². The van der Waals surface area contributed by atoms with Crippen LogP contribution in [-0.4, -0.2) is 112 Å². The third-order valence-electron chi connectivity index (χ3n) is 11.9. The highest BCUT2D eigenvalue weighted by Gasteiger charge is 2.39. The minimum atomic E-state index is -5.08. The molecule has 76 heavy (non-hydrogen) atoms. The molecule has 0 spiro atoms. The van der Waals surface area contributed by atoms with Gasteiger partial charge in [-0.2, -0.15) is 26.3 Å². The Morgan fingerprint density at radius 2 is 1.41 bits per heavy atom. The highest BCUT2D eigenvalue weighted by atomic mass is 19.4. The molecular formula is C53H54F6N6O11. The summed E-state index contributed by atoms with van der Waals surface area (Å²) in [6.07, 6.45) is -10.1. The number of nitrogens with zero attached hydrogens (tertiary/aromatic N) is 2. The van der Waals surface area contributed by atoms with Gasteiger partial charge in [0.15, 0.2) is 0 Å². The number of aromatic nitrogens is 1. The van der Waals surface area contributed by atoms with Crippen LogP contribution < -0.4 is 26.4 Å². The van der Waals surface area contributed by atoms with Crippen molar-refractivity contribution in [2.75, 3.05) is 48.8 Å². The smallest absolute Gasteiger partial charge is 0.490 e. The number of phenols is 1. The van der Waals surface area contributed by atoms with Crippen molar-refractivity contribution in [1.29, 1.82) is 0 Å². The molecule has 1 atom stereocenters. The Labute approximate surface area is 430 Å². The molecule has 1 saturated heterocycles. The van der Waals surface area contributed by atoms with Crippen LogP contribution >= 0.6 is 0 Å². The molecule has 17 nitrogen and oxygen atoms in total. The number of phenolic OH excluding ortho intramolecular Hbond substituents is 1. The van der Waals surface area contributed by atoms with Crippen molar-refractivity contribution in [2.45, 2.75) is 64.2 Å². The van der Waals surface area contributed by atoms with Crippen LogP contribution in [0.2, 0.25) is 0 Å². The molecule has 0 unspecified atom stereocenters. The number of hydrogen-bond acceptors (Lipinski definition) is 11. The lowest BCUT2D eigenvalue weighted by atomic mass is 10.0. The van der Waals surface area contributed by atoms with Gasteiger partial charge in [-0.15, -0.1) is 0 Å². The van der Waals surface area contributed by atoms with Crippen LogP contribution in [0.15, 0.2) is 120 Å². The average Bonchev–Trinajstić information content (AvgIpc) is 3.37. The zero-order chi connectivity index (χ0) is 55.9. The van der Waals surface area contributed by atoms with E-state index in [1.165, 1.54) is 12.1 Å². The first-order valence-corrected chi connectivity index (χ1v) is 23.3. The van der Waals surface area contributed by atoms with Crippen LogP contribution in [0.3, 0.4) is 0 Å². The molecule has 0 bridgehead atoms. The summed E-state index contributed by atoms with van der Waals surface area (Å²) in [5.74, 6) is -5.96. The van der Waals surface area contributed by atoms with E-state index in [0.29, 0.717) is 79.0 Å². The number of piperidine rings is 1. The Kier molecular flexibility index (Phi) is 20.3. The summed E-state index contributed by atoms with van der Waals surface area (Å²) in [6, 6.07) is 34.5. The zero-order valence-corrected chi connectivity index (χ0v) is 41.1. The molecule has 6 aromatic rings. The van der Waals surface area contributed by atoms with Gasteiger partial charge in [-0.1, -0.05) is 66.7 Å². The first-order chi connectivity index (χ1) is 35.8. The molecule has 1 aliphatic rings. The van der Waals surface area contributed by atoms with Gasteiger partial charge in [0.1, 0.15) is 11.9 Å². The standard InChI is InChI=1S/C49H52N6O7.2C2HF3O2/c1-31-27-42(32(2)26-35(31)29-50-30-44(57)39-16-18-43(56)47-40(39)17-19-45(58)53-47)51-48(60)34-12-9-13-36(28-34)54(3)46(59)22-25-55-23-20-37(21-24-55)62-49(61)52-41-15-8-7-14-38(41)33-10-5-4-6-11-33;2*3-2(4,5)1(6)7/h4-19,26-28,37,44,50,56-57H,20-25,29-30H2,1-3H3,(H,51,60)(H,52,61)(H,53,58);2*(H,6,7)/t44-;;/m0../s1. The molecule has 1 fully saturated rings. The lowest BCUT2D eigenvalue weighted by Crippen LogP contribution is -2.40. The van der Waals surface area contributed by atoms with E-state index < -0.39 is 36.5 Å². The van der Waals surface area contributed by atoms with Crippen LogP contribution in [-0.2, 0) is 25.7 Å². The number of fused-ring (bicyclic) bond motifs is 1. The Morgan fingerprint density at radius 3 is 2.05 bits per heavy atom. The third kappa shape index (κ3) is 16.9. The second-order valence-electron chi connectivity index (χ2n) is 17.3. The van der Waals surface area contributed by atoms with Crippen LogP contribution in [0.5, 0.6) is 5.75 Å². The van der Waals surface area contributed by atoms with Crippen LogP contribution in [0.4, 0.5) is 48.2 Å². The maximum Gasteiger partial charge on any atom is 0.490 e. The maximum absolute atomic E-state index is 13.5. The molecule has 2 heterocycles. The van der Waals surface area contributed by atoms with E-state index in [9.17, 15) is 55.7 Å². The Balaban J connectivity index is 0.000000671. The number of aliphatic carboxylic acids is 2. The molecule has 0 saturated carbocycles. The summed E-state index contributed by atoms with van der Waals surface area (Å²) in [6.45, 7) is 6.53. The summed E-state index contributed by atoms with van der Waals surface area (Å²) in [5.41, 5.74) is 7.63. The van der Waals surface area contributed by atoms with E-state index in [1.807, 2.05) is 80.6 Å². The van der Waals surface area contributed by atoms with Crippen molar-refractivity contribution < 1.29 is 75.5 Å². The van der Waals surface area contributed by atoms with Crippen LogP contribution in [0, 0.1) is 13.8 Å². The fourth-order valence-corrected chi connectivity index (χ4v) is 7.82. The number of para-hydroxylation sites is 1. The largest absolute Gasteiger partial charge is 0.506 e. The predicted molar refractivity (Wildman–Crippen MR) is 270 cm³/mol. The molecule has 5 aromatic carbocycles. The fraction of sp³-hybridized carbons (Fsp3) is 0.283. The Morgan fingerprint density at radius 1 is 0.776 bits per heavy atom. The highest BCUT2D eigenvalue weighted by molar-refractivity contribution is 6.06. The number of anilines is 3. The minimum absolute atomic E-state index is 0.0655. The molecule has 23 heteroatoms. The first kappa shape index (κ1) is 58.6. The number of halogens is 6. The van der Waals surface area contributed by atoms with E-state index in [-0.39, 0.29) is 41.3 Å². The highest BCUT2D eigenvalue weighted by Crippen LogP contribution is 2.30. The van der Waals surface area contributed by atoms with Gasteiger partial charge in [0.2, 0.25) is 11.5 Å². The average molecular weight is 1070 g/mol. The summed E-state index contributed by atoms with van der Waals surface area (Å²) in [5, 5.41) is 45.2. The normalized spacial score (nSPS) is 13.2. The molecule has 404 valence electrons. The molecule has 1 aromatic heterocycles. The number of pyridine rings is 1. The zero-order valence-electron chi connectivity index (χ0n) is 41.1. The van der Waals surface area contributed by atoms with E-state index in [0.717, 1.165) is 27.8 Å². The molecule has 1 aliphatic heterocycles. The van der Waals surface area contributed by atoms with Gasteiger partial charge in [-0.3, -0.25) is 19.7 Å². The minimum Gasteiger partial charge on any atom is -0.506 e. The third-order valence-corrected chi connectivity index (χ3v) is 11.9. The van der Waals surface area contributed by atoms with Crippen molar-refractivity contribution in [3.05, 3.63) is 153 Å². The molecule has 8 N–H and O–H groups in total. The topological polar surface area (TPSA) is 251 Å². The molecule has 0 radical (unpaired) electrons. The lowest BCUT2D eigenvalue weighted by molar-refractivity contribution is -0.193. The monoisotopic (exact) mass is 1060 g/mol. The number of aromatic amines is 1. The molecular weight excluding hydrogens is 1010 g/mol. The Hall–Kier alpha value is -8.28. The van der Waals surface area contributed by atoms with Gasteiger partial charge in [-0.05, 0) is 97.0 Å². The van der Waals surface area contributed by atoms with Crippen LogP contribution in [0.25, 0.3) is 22.0 Å². The van der Waals surface area contributed by atoms with Gasteiger partial charge in [-0.25, -0.2) is 14.4 Å². The number of carbonyl (C=O) groups excluding carboxylic acids is 3.